The maximum atomic E-state index is 12.5. The van der Waals surface area contributed by atoms with Crippen molar-refractivity contribution in [1.82, 2.24) is 0 Å². The minimum Gasteiger partial charge on any atom is -0.477 e. The summed E-state index contributed by atoms with van der Waals surface area (Å²) in [5, 5.41) is 11.9. The van der Waals surface area contributed by atoms with Crippen LogP contribution in [0.3, 0.4) is 0 Å². The second kappa shape index (κ2) is 12.4. The first kappa shape index (κ1) is 29.3. The molecule has 0 radical (unpaired) electrons. The molecule has 1 aliphatic carbocycles. The van der Waals surface area contributed by atoms with Crippen LogP contribution in [0, 0.1) is 6.92 Å². The Bertz CT molecular complexity index is 1620. The minimum atomic E-state index is -1.31. The highest BCUT2D eigenvalue weighted by Gasteiger charge is 2.31. The molecule has 2 heterocycles. The van der Waals surface area contributed by atoms with E-state index in [9.17, 15) is 9.90 Å². The van der Waals surface area contributed by atoms with Crippen LogP contribution in [-0.4, -0.2) is 24.2 Å². The van der Waals surface area contributed by atoms with Gasteiger partial charge in [0.25, 0.3) is 0 Å². The van der Waals surface area contributed by atoms with Crippen LogP contribution in [0.5, 0.6) is 0 Å². The van der Waals surface area contributed by atoms with Crippen molar-refractivity contribution in [2.75, 3.05) is 11.8 Å². The number of rotatable bonds is 8. The summed E-state index contributed by atoms with van der Waals surface area (Å²) in [6, 6.07) is 18.0. The Labute approximate surface area is 251 Å². The highest BCUT2D eigenvalue weighted by Crippen LogP contribution is 2.50. The monoisotopic (exact) mass is 605 g/mol. The van der Waals surface area contributed by atoms with Gasteiger partial charge in [-0.05, 0) is 80.6 Å². The van der Waals surface area contributed by atoms with Gasteiger partial charge in [0.15, 0.2) is 8.30 Å². The van der Waals surface area contributed by atoms with Gasteiger partial charge in [-0.15, -0.1) is 11.3 Å². The van der Waals surface area contributed by atoms with E-state index in [0.717, 1.165) is 44.8 Å². The van der Waals surface area contributed by atoms with Crippen molar-refractivity contribution < 1.29 is 18.8 Å². The fourth-order valence-corrected chi connectivity index (χ4v) is 8.31. The SMILES string of the molecule is COP(c1ccc(Cl)cc1C)N(c1cc(-c2ccc(-c3cc4c(o3)/C=C\C=C\CC4C)cc2)sc1C(=O)O)C(C)C. The lowest BCUT2D eigenvalue weighted by molar-refractivity contribution is 0.0703. The maximum absolute atomic E-state index is 12.5. The summed E-state index contributed by atoms with van der Waals surface area (Å²) < 4.78 is 14.4. The number of halogens is 1. The van der Waals surface area contributed by atoms with Crippen LogP contribution in [0.2, 0.25) is 5.02 Å². The second-order valence-corrected chi connectivity index (χ2v) is 13.7. The summed E-state index contributed by atoms with van der Waals surface area (Å²) in [6.45, 7) is 8.31. The smallest absolute Gasteiger partial charge is 0.348 e. The van der Waals surface area contributed by atoms with E-state index in [0.29, 0.717) is 16.6 Å². The molecule has 0 aliphatic heterocycles. The first-order valence-electron chi connectivity index (χ1n) is 13.5. The highest BCUT2D eigenvalue weighted by atomic mass is 35.5. The Morgan fingerprint density at radius 2 is 1.85 bits per heavy atom. The van der Waals surface area contributed by atoms with E-state index >= 15 is 0 Å². The van der Waals surface area contributed by atoms with Gasteiger partial charge in [0.05, 0.1) is 5.69 Å². The molecular weight excluding hydrogens is 573 g/mol. The molecule has 2 aromatic carbocycles. The van der Waals surface area contributed by atoms with Gasteiger partial charge in [-0.25, -0.2) is 4.79 Å². The van der Waals surface area contributed by atoms with Crippen molar-refractivity contribution in [2.24, 2.45) is 0 Å². The molecule has 1 N–H and O–H groups in total. The van der Waals surface area contributed by atoms with Gasteiger partial charge in [-0.1, -0.05) is 61.0 Å². The third-order valence-corrected chi connectivity index (χ3v) is 10.9. The fraction of sp³-hybridized carbons (Fsp3) is 0.242. The summed E-state index contributed by atoms with van der Waals surface area (Å²) in [5.74, 6) is 1.14. The molecule has 0 amide bonds. The number of anilines is 1. The van der Waals surface area contributed by atoms with Crippen LogP contribution in [0.15, 0.2) is 77.2 Å². The standard InChI is InChI=1S/C33H33ClNO4PS/c1-20(2)35(40(38-5)30-16-15-25(34)17-22(30)4)27-19-31(41-32(27)33(36)37)24-13-11-23(12-14-24)29-18-26-21(3)9-7-6-8-10-28(26)39-29/h6-8,10-21H,9H2,1-5H3,(H,36,37)/b7-6+,10-8-. The van der Waals surface area contributed by atoms with E-state index in [1.807, 2.05) is 67.6 Å². The molecule has 0 saturated heterocycles. The molecule has 4 aromatic rings. The molecule has 41 heavy (non-hydrogen) atoms. The topological polar surface area (TPSA) is 62.9 Å². The number of carbonyl (C=O) groups is 1. The predicted molar refractivity (Wildman–Crippen MR) is 173 cm³/mol. The van der Waals surface area contributed by atoms with Crippen LogP contribution in [0.25, 0.3) is 27.8 Å². The number of carboxylic acids is 1. The number of furan rings is 1. The molecule has 5 nitrogen and oxygen atoms in total. The van der Waals surface area contributed by atoms with E-state index in [4.69, 9.17) is 20.5 Å². The van der Waals surface area contributed by atoms with Gasteiger partial charge in [-0.2, -0.15) is 0 Å². The molecule has 2 atom stereocenters. The number of allylic oxidation sites excluding steroid dienone is 3. The van der Waals surface area contributed by atoms with Crippen molar-refractivity contribution in [3.63, 3.8) is 0 Å². The number of hydrogen-bond donors (Lipinski definition) is 1. The molecule has 0 saturated carbocycles. The van der Waals surface area contributed by atoms with E-state index in [1.165, 1.54) is 16.9 Å². The molecule has 0 spiro atoms. The van der Waals surface area contributed by atoms with E-state index in [1.54, 1.807) is 7.11 Å². The Kier molecular flexibility index (Phi) is 8.86. The molecular formula is C33H33ClNO4PS. The second-order valence-electron chi connectivity index (χ2n) is 10.4. The Balaban J connectivity index is 1.50. The van der Waals surface area contributed by atoms with Crippen LogP contribution in [0.1, 0.15) is 59.7 Å². The molecule has 212 valence electrons. The zero-order valence-corrected chi connectivity index (χ0v) is 26.2. The highest BCUT2D eigenvalue weighted by molar-refractivity contribution is 7.62. The zero-order chi connectivity index (χ0) is 29.3. The normalized spacial score (nSPS) is 17.0. The predicted octanol–water partition coefficient (Wildman–Crippen LogP) is 9.91. The van der Waals surface area contributed by atoms with Crippen molar-refractivity contribution >= 4 is 54.3 Å². The zero-order valence-electron chi connectivity index (χ0n) is 23.7. The minimum absolute atomic E-state index is 0.0101. The number of carboxylic acid groups (broad SMARTS) is 1. The van der Waals surface area contributed by atoms with E-state index in [-0.39, 0.29) is 10.9 Å². The maximum Gasteiger partial charge on any atom is 0.348 e. The Morgan fingerprint density at radius 1 is 1.12 bits per heavy atom. The number of hydrogen-bond acceptors (Lipinski definition) is 5. The summed E-state index contributed by atoms with van der Waals surface area (Å²) in [5.41, 5.74) is 4.79. The number of aromatic carboxylic acids is 1. The van der Waals surface area contributed by atoms with Gasteiger partial charge in [0.2, 0.25) is 0 Å². The molecule has 1 aliphatic rings. The first-order valence-corrected chi connectivity index (χ1v) is 15.9. The Hall–Kier alpha value is -3.15. The average molecular weight is 606 g/mol. The van der Waals surface area contributed by atoms with Crippen LogP contribution < -0.4 is 9.97 Å². The molecule has 2 unspecified atom stereocenters. The van der Waals surface area contributed by atoms with E-state index in [2.05, 4.69) is 43.7 Å². The third kappa shape index (κ3) is 6.07. The van der Waals surface area contributed by atoms with Gasteiger partial charge in [0, 0.05) is 39.5 Å². The summed E-state index contributed by atoms with van der Waals surface area (Å²) in [7, 11) is 0.362. The largest absolute Gasteiger partial charge is 0.477 e. The number of benzene rings is 2. The molecule has 8 heteroatoms. The van der Waals surface area contributed by atoms with Gasteiger partial charge in [0.1, 0.15) is 16.4 Å². The third-order valence-electron chi connectivity index (χ3n) is 7.14. The molecule has 0 bridgehead atoms. The number of aryl methyl sites for hydroxylation is 1. The molecule has 5 rings (SSSR count). The van der Waals surface area contributed by atoms with Crippen LogP contribution in [0.4, 0.5) is 5.69 Å². The quantitative estimate of drug-likeness (QED) is 0.203. The van der Waals surface area contributed by atoms with Crippen molar-refractivity contribution in [1.29, 1.82) is 0 Å². The van der Waals surface area contributed by atoms with Crippen LogP contribution in [-0.2, 0) is 4.52 Å². The lowest BCUT2D eigenvalue weighted by Crippen LogP contribution is -2.31. The first-order chi connectivity index (χ1) is 19.7. The number of nitrogens with zero attached hydrogens (tertiary/aromatic N) is 1. The number of fused-ring (bicyclic) bond motifs is 1. The summed E-state index contributed by atoms with van der Waals surface area (Å²) in [4.78, 5) is 13.6. The van der Waals surface area contributed by atoms with Crippen LogP contribution >= 0.6 is 31.2 Å². The van der Waals surface area contributed by atoms with Gasteiger partial charge in [-0.3, -0.25) is 0 Å². The Morgan fingerprint density at radius 3 is 2.51 bits per heavy atom. The average Bonchev–Trinajstić information content (AvgIpc) is 3.56. The van der Waals surface area contributed by atoms with Gasteiger partial charge >= 0.3 is 5.97 Å². The van der Waals surface area contributed by atoms with Crippen molar-refractivity contribution in [3.05, 3.63) is 99.6 Å². The molecule has 0 fully saturated rings. The summed E-state index contributed by atoms with van der Waals surface area (Å²) in [6.07, 6.45) is 9.24. The van der Waals surface area contributed by atoms with E-state index < -0.39 is 14.3 Å². The molecule has 2 aromatic heterocycles. The lowest BCUT2D eigenvalue weighted by atomic mass is 9.95. The number of thiophene rings is 1. The van der Waals surface area contributed by atoms with Gasteiger partial charge < -0.3 is 18.7 Å². The summed E-state index contributed by atoms with van der Waals surface area (Å²) >= 11 is 7.50. The fourth-order valence-electron chi connectivity index (χ4n) is 5.08. The van der Waals surface area contributed by atoms with Crippen molar-refractivity contribution in [2.45, 2.75) is 46.1 Å². The lowest BCUT2D eigenvalue weighted by Gasteiger charge is -2.35. The van der Waals surface area contributed by atoms with Crippen molar-refractivity contribution in [3.8, 4) is 21.8 Å².